The topological polar surface area (TPSA) is 23.8 Å². The van der Waals surface area contributed by atoms with Crippen molar-refractivity contribution in [2.75, 3.05) is 0 Å². The van der Waals surface area contributed by atoms with Gasteiger partial charge in [-0.05, 0) is 37.0 Å². The van der Waals surface area contributed by atoms with E-state index in [0.717, 1.165) is 12.8 Å². The van der Waals surface area contributed by atoms with Crippen molar-refractivity contribution >= 4 is 11.6 Å². The van der Waals surface area contributed by atoms with Crippen molar-refractivity contribution in [3.63, 3.8) is 0 Å². The minimum Gasteiger partial charge on any atom is -0.207 e. The van der Waals surface area contributed by atoms with Gasteiger partial charge in [0.15, 0.2) is 0 Å². The van der Waals surface area contributed by atoms with Crippen LogP contribution in [0.4, 0.5) is 4.39 Å². The van der Waals surface area contributed by atoms with Gasteiger partial charge in [-0.15, -0.1) is 0 Å². The van der Waals surface area contributed by atoms with Gasteiger partial charge < -0.3 is 0 Å². The second-order valence-corrected chi connectivity index (χ2v) is 5.10. The maximum absolute atomic E-state index is 13.8. The molecular weight excluding hydrogens is 273 g/mol. The minimum absolute atomic E-state index is 0.324. The predicted molar refractivity (Wildman–Crippen MR) is 79.1 cm³/mol. The first kappa shape index (κ1) is 14.6. The summed E-state index contributed by atoms with van der Waals surface area (Å²) in [5, 5.41) is 9.58. The third-order valence-corrected chi connectivity index (χ3v) is 3.63. The number of nitrogens with zero attached hydrogens (tertiary/aromatic N) is 1. The molecule has 0 N–H and O–H groups in total. The summed E-state index contributed by atoms with van der Waals surface area (Å²) in [5.41, 5.74) is 1.55. The zero-order chi connectivity index (χ0) is 14.4. The first-order valence-corrected chi connectivity index (χ1v) is 6.97. The van der Waals surface area contributed by atoms with Gasteiger partial charge in [0.25, 0.3) is 0 Å². The van der Waals surface area contributed by atoms with Crippen molar-refractivity contribution in [1.82, 2.24) is 0 Å². The summed E-state index contributed by atoms with van der Waals surface area (Å²) in [4.78, 5) is 0. The molecule has 2 rings (SSSR count). The maximum Gasteiger partial charge on any atom is 0.129 e. The van der Waals surface area contributed by atoms with Crippen LogP contribution in [0.15, 0.2) is 48.5 Å². The molecule has 3 heteroatoms. The number of rotatable bonds is 5. The van der Waals surface area contributed by atoms with Crippen LogP contribution in [0, 0.1) is 17.1 Å². The summed E-state index contributed by atoms with van der Waals surface area (Å²) in [6.07, 6.45) is 2.31. The molecule has 0 aromatic heterocycles. The molecule has 2 aromatic rings. The minimum atomic E-state index is -0.493. The highest BCUT2D eigenvalue weighted by Crippen LogP contribution is 2.30. The Hall–Kier alpha value is -1.85. The van der Waals surface area contributed by atoms with Gasteiger partial charge in [-0.1, -0.05) is 48.0 Å². The Morgan fingerprint density at radius 2 is 1.85 bits per heavy atom. The van der Waals surface area contributed by atoms with Crippen LogP contribution in [0.5, 0.6) is 0 Å². The summed E-state index contributed by atoms with van der Waals surface area (Å²) in [7, 11) is 0. The molecule has 1 unspecified atom stereocenters. The molecule has 2 aromatic carbocycles. The Balaban J connectivity index is 2.02. The molecular formula is C17H15ClFN. The average molecular weight is 288 g/mol. The Morgan fingerprint density at radius 1 is 1.10 bits per heavy atom. The molecule has 0 spiro atoms. The van der Waals surface area contributed by atoms with Crippen molar-refractivity contribution in [1.29, 1.82) is 5.26 Å². The lowest BCUT2D eigenvalue weighted by molar-refractivity contribution is 0.585. The Kier molecular flexibility index (Phi) is 5.15. The molecule has 0 saturated carbocycles. The van der Waals surface area contributed by atoms with E-state index in [1.165, 1.54) is 11.6 Å². The Labute approximate surface area is 123 Å². The number of hydrogen-bond donors (Lipinski definition) is 0. The van der Waals surface area contributed by atoms with Crippen LogP contribution in [0.2, 0.25) is 5.02 Å². The summed E-state index contributed by atoms with van der Waals surface area (Å²) in [6, 6.07) is 16.8. The highest BCUT2D eigenvalue weighted by Gasteiger charge is 2.18. The third kappa shape index (κ3) is 3.59. The second kappa shape index (κ2) is 7.07. The Morgan fingerprint density at radius 3 is 2.50 bits per heavy atom. The van der Waals surface area contributed by atoms with E-state index in [1.807, 2.05) is 18.2 Å². The summed E-state index contributed by atoms with van der Waals surface area (Å²) >= 11 is 6.01. The van der Waals surface area contributed by atoms with Crippen LogP contribution in [-0.4, -0.2) is 0 Å². The monoisotopic (exact) mass is 287 g/mol. The molecule has 102 valence electrons. The molecule has 0 radical (unpaired) electrons. The van der Waals surface area contributed by atoms with Crippen LogP contribution < -0.4 is 0 Å². The largest absolute Gasteiger partial charge is 0.207 e. The highest BCUT2D eigenvalue weighted by atomic mass is 35.5. The van der Waals surface area contributed by atoms with Crippen LogP contribution in [-0.2, 0) is 6.42 Å². The SMILES string of the molecule is N#CC(CCCc1ccccc1)c1c(F)cccc1Cl. The lowest BCUT2D eigenvalue weighted by atomic mass is 9.93. The van der Waals surface area contributed by atoms with Crippen LogP contribution in [0.25, 0.3) is 0 Å². The molecule has 0 aliphatic heterocycles. The summed E-state index contributed by atoms with van der Waals surface area (Å²) in [6.45, 7) is 0. The van der Waals surface area contributed by atoms with Gasteiger partial charge in [-0.2, -0.15) is 5.26 Å². The Bertz CT molecular complexity index is 584. The van der Waals surface area contributed by atoms with E-state index in [1.54, 1.807) is 12.1 Å². The van der Waals surface area contributed by atoms with E-state index in [-0.39, 0.29) is 0 Å². The van der Waals surface area contributed by atoms with Gasteiger partial charge in [0.05, 0.1) is 12.0 Å². The smallest absolute Gasteiger partial charge is 0.129 e. The third-order valence-electron chi connectivity index (χ3n) is 3.31. The number of hydrogen-bond acceptors (Lipinski definition) is 1. The van der Waals surface area contributed by atoms with Gasteiger partial charge in [0.1, 0.15) is 5.82 Å². The quantitative estimate of drug-likeness (QED) is 0.750. The maximum atomic E-state index is 13.8. The molecule has 0 saturated heterocycles. The normalized spacial score (nSPS) is 11.8. The van der Waals surface area contributed by atoms with Crippen molar-refractivity contribution in [3.05, 3.63) is 70.5 Å². The zero-order valence-corrected chi connectivity index (χ0v) is 11.8. The fourth-order valence-corrected chi connectivity index (χ4v) is 2.57. The average Bonchev–Trinajstić information content (AvgIpc) is 2.46. The van der Waals surface area contributed by atoms with Gasteiger partial charge in [-0.3, -0.25) is 0 Å². The fourth-order valence-electron chi connectivity index (χ4n) is 2.27. The molecule has 0 heterocycles. The van der Waals surface area contributed by atoms with E-state index in [9.17, 15) is 9.65 Å². The summed E-state index contributed by atoms with van der Waals surface area (Å²) < 4.78 is 13.8. The molecule has 0 aliphatic carbocycles. The number of halogens is 2. The van der Waals surface area contributed by atoms with Gasteiger partial charge in [0.2, 0.25) is 0 Å². The molecule has 0 amide bonds. The molecule has 0 bridgehead atoms. The van der Waals surface area contributed by atoms with Crippen LogP contribution in [0.3, 0.4) is 0 Å². The van der Waals surface area contributed by atoms with Crippen LogP contribution in [0.1, 0.15) is 29.9 Å². The number of benzene rings is 2. The lowest BCUT2D eigenvalue weighted by Crippen LogP contribution is -2.01. The van der Waals surface area contributed by atoms with Crippen molar-refractivity contribution in [3.8, 4) is 6.07 Å². The van der Waals surface area contributed by atoms with E-state index in [2.05, 4.69) is 18.2 Å². The first-order valence-electron chi connectivity index (χ1n) is 6.60. The lowest BCUT2D eigenvalue weighted by Gasteiger charge is -2.12. The first-order chi connectivity index (χ1) is 9.72. The molecule has 0 aliphatic rings. The van der Waals surface area contributed by atoms with E-state index >= 15 is 0 Å². The number of nitriles is 1. The summed E-state index contributed by atoms with van der Waals surface area (Å²) in [5.74, 6) is -0.892. The number of aryl methyl sites for hydroxylation is 1. The van der Waals surface area contributed by atoms with Crippen molar-refractivity contribution in [2.45, 2.75) is 25.2 Å². The van der Waals surface area contributed by atoms with Gasteiger partial charge in [0, 0.05) is 10.6 Å². The van der Waals surface area contributed by atoms with Crippen molar-refractivity contribution in [2.24, 2.45) is 0 Å². The van der Waals surface area contributed by atoms with E-state index in [4.69, 9.17) is 11.6 Å². The van der Waals surface area contributed by atoms with Crippen molar-refractivity contribution < 1.29 is 4.39 Å². The molecule has 1 atom stereocenters. The van der Waals surface area contributed by atoms with E-state index in [0.29, 0.717) is 17.0 Å². The highest BCUT2D eigenvalue weighted by molar-refractivity contribution is 6.31. The molecule has 1 nitrogen and oxygen atoms in total. The predicted octanol–water partition coefficient (Wildman–Crippen LogP) is 5.11. The molecule has 20 heavy (non-hydrogen) atoms. The molecule has 0 fully saturated rings. The second-order valence-electron chi connectivity index (χ2n) is 4.69. The standard InChI is InChI=1S/C17H15ClFN/c18-15-10-5-11-16(19)17(15)14(12-20)9-4-8-13-6-2-1-3-7-13/h1-3,5-7,10-11,14H,4,8-9H2. The van der Waals surface area contributed by atoms with E-state index < -0.39 is 11.7 Å². The van der Waals surface area contributed by atoms with Gasteiger partial charge >= 0.3 is 0 Å². The van der Waals surface area contributed by atoms with Gasteiger partial charge in [-0.25, -0.2) is 4.39 Å². The fraction of sp³-hybridized carbons (Fsp3) is 0.235. The zero-order valence-electron chi connectivity index (χ0n) is 11.0. The van der Waals surface area contributed by atoms with Crippen LogP contribution >= 0.6 is 11.6 Å².